The van der Waals surface area contributed by atoms with Crippen LogP contribution in [0.25, 0.3) is 0 Å². The lowest BCUT2D eigenvalue weighted by molar-refractivity contribution is -0.120. The number of hydrogen-bond acceptors (Lipinski definition) is 7. The van der Waals surface area contributed by atoms with E-state index in [0.717, 1.165) is 43.0 Å². The number of aromatic nitrogens is 3. The summed E-state index contributed by atoms with van der Waals surface area (Å²) in [4.78, 5) is 23.4. The van der Waals surface area contributed by atoms with Gasteiger partial charge in [0.15, 0.2) is 0 Å². The van der Waals surface area contributed by atoms with Crippen molar-refractivity contribution in [2.75, 3.05) is 24.5 Å². The van der Waals surface area contributed by atoms with Crippen molar-refractivity contribution in [2.24, 2.45) is 11.8 Å². The Bertz CT molecular complexity index is 866. The zero-order valence-electron chi connectivity index (χ0n) is 16.2. The zero-order chi connectivity index (χ0) is 19.3. The third-order valence-electron chi connectivity index (χ3n) is 6.71. The average Bonchev–Trinajstić information content (AvgIpc) is 3.43. The van der Waals surface area contributed by atoms with E-state index < -0.39 is 0 Å². The van der Waals surface area contributed by atoms with Gasteiger partial charge in [-0.2, -0.15) is 0 Å². The standard InChI is InChI=1S/C20H25N5O3/c1-12-14(13(2)28-24-12)7-19(26)23-8-15-16-10-25(18-9-21-5-6-22-18)11-20(16)4-3-17(15)27-20/h5-6,9,15-17H,3-4,7-8,10-11H2,1-2H3,(H,23,26)/t15-,16+,17+,20+/m0/s1. The zero-order valence-corrected chi connectivity index (χ0v) is 16.2. The lowest BCUT2D eigenvalue weighted by atomic mass is 9.73. The van der Waals surface area contributed by atoms with Gasteiger partial charge >= 0.3 is 0 Å². The molecule has 3 aliphatic heterocycles. The Labute approximate surface area is 163 Å². The molecular formula is C20H25N5O3. The van der Waals surface area contributed by atoms with Gasteiger partial charge in [0.25, 0.3) is 0 Å². The number of rotatable bonds is 5. The first-order valence-corrected chi connectivity index (χ1v) is 9.93. The molecule has 0 radical (unpaired) electrons. The van der Waals surface area contributed by atoms with Crippen molar-refractivity contribution >= 4 is 11.7 Å². The first-order valence-electron chi connectivity index (χ1n) is 9.93. The molecule has 4 atom stereocenters. The second-order valence-electron chi connectivity index (χ2n) is 8.26. The van der Waals surface area contributed by atoms with Crippen molar-refractivity contribution in [2.45, 2.75) is 44.8 Å². The Morgan fingerprint density at radius 2 is 2.29 bits per heavy atom. The Morgan fingerprint density at radius 3 is 3.04 bits per heavy atom. The molecule has 2 bridgehead atoms. The Morgan fingerprint density at radius 1 is 1.39 bits per heavy atom. The molecule has 0 unspecified atom stereocenters. The van der Waals surface area contributed by atoms with E-state index in [4.69, 9.17) is 9.26 Å². The predicted molar refractivity (Wildman–Crippen MR) is 101 cm³/mol. The van der Waals surface area contributed by atoms with Gasteiger partial charge in [-0.1, -0.05) is 5.16 Å². The number of nitrogens with one attached hydrogen (secondary N) is 1. The number of amides is 1. The third kappa shape index (κ3) is 2.78. The van der Waals surface area contributed by atoms with Crippen LogP contribution in [0.4, 0.5) is 5.82 Å². The quantitative estimate of drug-likeness (QED) is 0.835. The van der Waals surface area contributed by atoms with Gasteiger partial charge in [-0.3, -0.25) is 9.78 Å². The van der Waals surface area contributed by atoms with Crippen LogP contribution in [-0.2, 0) is 16.0 Å². The molecule has 5 heterocycles. The Hall–Kier alpha value is -2.48. The van der Waals surface area contributed by atoms with Gasteiger partial charge in [-0.05, 0) is 26.7 Å². The highest BCUT2D eigenvalue weighted by Crippen LogP contribution is 2.55. The summed E-state index contributed by atoms with van der Waals surface area (Å²) in [7, 11) is 0. The van der Waals surface area contributed by atoms with Gasteiger partial charge in [0.2, 0.25) is 5.91 Å². The summed E-state index contributed by atoms with van der Waals surface area (Å²) in [6.07, 6.45) is 7.93. The molecule has 8 heteroatoms. The van der Waals surface area contributed by atoms with Crippen molar-refractivity contribution in [3.8, 4) is 0 Å². The maximum absolute atomic E-state index is 12.5. The maximum Gasteiger partial charge on any atom is 0.224 e. The van der Waals surface area contributed by atoms with Gasteiger partial charge in [0.1, 0.15) is 11.6 Å². The van der Waals surface area contributed by atoms with Crippen LogP contribution in [0.2, 0.25) is 0 Å². The van der Waals surface area contributed by atoms with E-state index in [1.54, 1.807) is 12.4 Å². The van der Waals surface area contributed by atoms with Crippen LogP contribution in [0.1, 0.15) is 29.9 Å². The summed E-state index contributed by atoms with van der Waals surface area (Å²) in [5.74, 6) is 2.37. The van der Waals surface area contributed by atoms with Gasteiger partial charge in [0.05, 0.1) is 30.0 Å². The normalized spacial score (nSPS) is 30.6. The summed E-state index contributed by atoms with van der Waals surface area (Å²) < 4.78 is 11.6. The van der Waals surface area contributed by atoms with Crippen LogP contribution < -0.4 is 10.2 Å². The molecule has 3 fully saturated rings. The van der Waals surface area contributed by atoms with Crippen LogP contribution >= 0.6 is 0 Å². The molecule has 8 nitrogen and oxygen atoms in total. The Balaban J connectivity index is 1.25. The first-order chi connectivity index (χ1) is 13.6. The van der Waals surface area contributed by atoms with E-state index in [2.05, 4.69) is 25.3 Å². The molecular weight excluding hydrogens is 358 g/mol. The van der Waals surface area contributed by atoms with Crippen LogP contribution in [0.15, 0.2) is 23.1 Å². The predicted octanol–water partition coefficient (Wildman–Crippen LogP) is 1.42. The number of carbonyl (C=O) groups excluding carboxylic acids is 1. The fourth-order valence-corrected chi connectivity index (χ4v) is 5.30. The molecule has 5 rings (SSSR count). The highest BCUT2D eigenvalue weighted by atomic mass is 16.5. The van der Waals surface area contributed by atoms with Gasteiger partial charge in [-0.25, -0.2) is 4.98 Å². The molecule has 1 spiro atoms. The topological polar surface area (TPSA) is 93.4 Å². The number of ether oxygens (including phenoxy) is 1. The van der Waals surface area contributed by atoms with E-state index in [0.29, 0.717) is 30.6 Å². The van der Waals surface area contributed by atoms with E-state index in [9.17, 15) is 4.79 Å². The average molecular weight is 383 g/mol. The maximum atomic E-state index is 12.5. The van der Waals surface area contributed by atoms with Crippen molar-refractivity contribution in [1.82, 2.24) is 20.4 Å². The summed E-state index contributed by atoms with van der Waals surface area (Å²) in [6, 6.07) is 0. The summed E-state index contributed by atoms with van der Waals surface area (Å²) in [5, 5.41) is 7.06. The molecule has 1 N–H and O–H groups in total. The third-order valence-corrected chi connectivity index (χ3v) is 6.71. The number of fused-ring (bicyclic) bond motifs is 1. The molecule has 2 aromatic rings. The summed E-state index contributed by atoms with van der Waals surface area (Å²) in [5.41, 5.74) is 1.57. The lowest BCUT2D eigenvalue weighted by Gasteiger charge is -2.29. The number of anilines is 1. The number of nitrogens with zero attached hydrogens (tertiary/aromatic N) is 4. The van der Waals surface area contributed by atoms with Crippen molar-refractivity contribution in [3.63, 3.8) is 0 Å². The molecule has 28 heavy (non-hydrogen) atoms. The number of hydrogen-bond donors (Lipinski definition) is 1. The largest absolute Gasteiger partial charge is 0.369 e. The fraction of sp³-hybridized carbons (Fsp3) is 0.600. The number of carbonyl (C=O) groups is 1. The minimum Gasteiger partial charge on any atom is -0.369 e. The highest BCUT2D eigenvalue weighted by molar-refractivity contribution is 5.79. The minimum absolute atomic E-state index is 0.00926. The van der Waals surface area contributed by atoms with E-state index in [1.165, 1.54) is 0 Å². The van der Waals surface area contributed by atoms with Gasteiger partial charge < -0.3 is 19.5 Å². The Kier molecular flexibility index (Phi) is 4.12. The van der Waals surface area contributed by atoms with Crippen molar-refractivity contribution < 1.29 is 14.1 Å². The SMILES string of the molecule is Cc1noc(C)c1CC(=O)NC[C@H]1[C@H]2CN(c3cnccn3)C[C@]23CC[C@H]1O3. The van der Waals surface area contributed by atoms with Crippen LogP contribution in [0, 0.1) is 25.7 Å². The van der Waals surface area contributed by atoms with Crippen LogP contribution in [0.5, 0.6) is 0 Å². The number of aryl methyl sites for hydroxylation is 2. The monoisotopic (exact) mass is 383 g/mol. The molecule has 3 aliphatic rings. The van der Waals surface area contributed by atoms with Crippen LogP contribution in [0.3, 0.4) is 0 Å². The molecule has 0 aromatic carbocycles. The molecule has 3 saturated heterocycles. The summed E-state index contributed by atoms with van der Waals surface area (Å²) in [6.45, 7) is 6.12. The molecule has 0 saturated carbocycles. The fourth-order valence-electron chi connectivity index (χ4n) is 5.30. The molecule has 1 amide bonds. The highest BCUT2D eigenvalue weighted by Gasteiger charge is 2.63. The summed E-state index contributed by atoms with van der Waals surface area (Å²) >= 11 is 0. The lowest BCUT2D eigenvalue weighted by Crippen LogP contribution is -2.42. The molecule has 2 aromatic heterocycles. The van der Waals surface area contributed by atoms with Gasteiger partial charge in [0, 0.05) is 49.4 Å². The second-order valence-corrected chi connectivity index (χ2v) is 8.26. The van der Waals surface area contributed by atoms with E-state index in [-0.39, 0.29) is 17.6 Å². The molecule has 0 aliphatic carbocycles. The minimum atomic E-state index is -0.0980. The van der Waals surface area contributed by atoms with E-state index in [1.807, 2.05) is 20.0 Å². The van der Waals surface area contributed by atoms with Crippen molar-refractivity contribution in [3.05, 3.63) is 35.6 Å². The second kappa shape index (κ2) is 6.55. The van der Waals surface area contributed by atoms with Crippen molar-refractivity contribution in [1.29, 1.82) is 0 Å². The van der Waals surface area contributed by atoms with Crippen LogP contribution in [-0.4, -0.2) is 52.4 Å². The smallest absolute Gasteiger partial charge is 0.224 e. The van der Waals surface area contributed by atoms with E-state index >= 15 is 0 Å². The first kappa shape index (κ1) is 17.6. The van der Waals surface area contributed by atoms with Gasteiger partial charge in [-0.15, -0.1) is 0 Å². The molecule has 148 valence electrons.